The standard InChI is InChI=1S/C11H18O2/c1-3-4-5-6-7-11(13)9-8-10(2)12/h10,12H,3,6-9H2,1-2H3. The highest BCUT2D eigenvalue weighted by molar-refractivity contribution is 5.78. The number of hydrogen-bond donors (Lipinski definition) is 1. The SMILES string of the molecule is CCC#CCCC(=O)CCC(C)O. The Hall–Kier alpha value is -0.810. The first-order valence-corrected chi connectivity index (χ1v) is 4.82. The Balaban J connectivity index is 3.41. The Morgan fingerprint density at radius 3 is 2.62 bits per heavy atom. The van der Waals surface area contributed by atoms with Gasteiger partial charge in [0, 0.05) is 25.7 Å². The van der Waals surface area contributed by atoms with Gasteiger partial charge < -0.3 is 5.11 Å². The number of ketones is 1. The van der Waals surface area contributed by atoms with E-state index in [1.165, 1.54) is 0 Å². The minimum atomic E-state index is -0.370. The van der Waals surface area contributed by atoms with E-state index in [0.717, 1.165) is 6.42 Å². The Bertz CT molecular complexity index is 196. The molecule has 0 aromatic heterocycles. The molecule has 0 fully saturated rings. The number of rotatable bonds is 5. The summed E-state index contributed by atoms with van der Waals surface area (Å²) >= 11 is 0. The van der Waals surface area contributed by atoms with Gasteiger partial charge in [0.2, 0.25) is 0 Å². The summed E-state index contributed by atoms with van der Waals surface area (Å²) < 4.78 is 0. The number of aliphatic hydroxyl groups excluding tert-OH is 1. The molecular weight excluding hydrogens is 164 g/mol. The highest BCUT2D eigenvalue weighted by Gasteiger charge is 2.02. The minimum Gasteiger partial charge on any atom is -0.393 e. The van der Waals surface area contributed by atoms with E-state index < -0.39 is 0 Å². The van der Waals surface area contributed by atoms with Crippen LogP contribution in [0, 0.1) is 11.8 Å². The second-order valence-corrected chi connectivity index (χ2v) is 3.13. The molecule has 0 saturated heterocycles. The molecule has 0 aliphatic heterocycles. The number of hydrogen-bond acceptors (Lipinski definition) is 2. The van der Waals surface area contributed by atoms with Crippen molar-refractivity contribution in [2.24, 2.45) is 0 Å². The van der Waals surface area contributed by atoms with Gasteiger partial charge in [-0.2, -0.15) is 0 Å². The molecule has 2 heteroatoms. The van der Waals surface area contributed by atoms with Crippen LogP contribution < -0.4 is 0 Å². The summed E-state index contributed by atoms with van der Waals surface area (Å²) in [6.07, 6.45) is 2.71. The molecule has 0 spiro atoms. The van der Waals surface area contributed by atoms with Crippen molar-refractivity contribution in [1.29, 1.82) is 0 Å². The highest BCUT2D eigenvalue weighted by Crippen LogP contribution is 2.01. The molecule has 1 atom stereocenters. The second kappa shape index (κ2) is 7.82. The van der Waals surface area contributed by atoms with Crippen LogP contribution in [-0.4, -0.2) is 17.0 Å². The smallest absolute Gasteiger partial charge is 0.133 e. The van der Waals surface area contributed by atoms with E-state index >= 15 is 0 Å². The van der Waals surface area contributed by atoms with E-state index in [-0.39, 0.29) is 11.9 Å². The number of carbonyl (C=O) groups excluding carboxylic acids is 1. The Morgan fingerprint density at radius 1 is 1.38 bits per heavy atom. The molecule has 1 unspecified atom stereocenters. The largest absolute Gasteiger partial charge is 0.393 e. The molecule has 1 N–H and O–H groups in total. The topological polar surface area (TPSA) is 37.3 Å². The molecule has 0 bridgehead atoms. The van der Waals surface area contributed by atoms with E-state index in [9.17, 15) is 4.79 Å². The third-order valence-corrected chi connectivity index (χ3v) is 1.67. The average molecular weight is 182 g/mol. The van der Waals surface area contributed by atoms with Crippen molar-refractivity contribution >= 4 is 5.78 Å². The maximum Gasteiger partial charge on any atom is 0.133 e. The first-order chi connectivity index (χ1) is 6.16. The fourth-order valence-electron chi connectivity index (χ4n) is 0.910. The first-order valence-electron chi connectivity index (χ1n) is 4.82. The van der Waals surface area contributed by atoms with Crippen LogP contribution in [0.5, 0.6) is 0 Å². The predicted octanol–water partition coefficient (Wildman–Crippen LogP) is 1.91. The van der Waals surface area contributed by atoms with Crippen molar-refractivity contribution in [3.8, 4) is 11.8 Å². The first kappa shape index (κ1) is 12.2. The third-order valence-electron chi connectivity index (χ3n) is 1.67. The molecule has 2 nitrogen and oxygen atoms in total. The minimum absolute atomic E-state index is 0.200. The van der Waals surface area contributed by atoms with E-state index in [0.29, 0.717) is 25.7 Å². The van der Waals surface area contributed by atoms with Crippen LogP contribution in [0.15, 0.2) is 0 Å². The highest BCUT2D eigenvalue weighted by atomic mass is 16.3. The molecule has 0 aromatic carbocycles. The molecule has 13 heavy (non-hydrogen) atoms. The number of Topliss-reactive ketones (excluding diaryl/α,β-unsaturated/α-hetero) is 1. The van der Waals surface area contributed by atoms with Crippen LogP contribution in [-0.2, 0) is 4.79 Å². The molecule has 0 radical (unpaired) electrons. The monoisotopic (exact) mass is 182 g/mol. The van der Waals surface area contributed by atoms with Crippen molar-refractivity contribution in [2.75, 3.05) is 0 Å². The lowest BCUT2D eigenvalue weighted by atomic mass is 10.1. The summed E-state index contributed by atoms with van der Waals surface area (Å²) in [5.74, 6) is 6.04. The zero-order valence-electron chi connectivity index (χ0n) is 8.47. The van der Waals surface area contributed by atoms with Crippen molar-refractivity contribution in [3.63, 3.8) is 0 Å². The lowest BCUT2D eigenvalue weighted by molar-refractivity contribution is -0.119. The van der Waals surface area contributed by atoms with Crippen LogP contribution in [0.2, 0.25) is 0 Å². The van der Waals surface area contributed by atoms with Gasteiger partial charge in [-0.25, -0.2) is 0 Å². The van der Waals surface area contributed by atoms with E-state index in [1.54, 1.807) is 6.92 Å². The summed E-state index contributed by atoms with van der Waals surface area (Å²) in [5.41, 5.74) is 0. The average Bonchev–Trinajstić information content (AvgIpc) is 2.09. The van der Waals surface area contributed by atoms with Gasteiger partial charge in [-0.05, 0) is 13.3 Å². The van der Waals surface area contributed by atoms with Crippen LogP contribution in [0.25, 0.3) is 0 Å². The fourth-order valence-corrected chi connectivity index (χ4v) is 0.910. The summed E-state index contributed by atoms with van der Waals surface area (Å²) in [6, 6.07) is 0. The molecule has 0 aliphatic carbocycles. The fraction of sp³-hybridized carbons (Fsp3) is 0.727. The number of aliphatic hydroxyl groups is 1. The van der Waals surface area contributed by atoms with Crippen molar-refractivity contribution < 1.29 is 9.90 Å². The quantitative estimate of drug-likeness (QED) is 0.659. The molecule has 0 amide bonds. The number of carbonyl (C=O) groups is 1. The van der Waals surface area contributed by atoms with Crippen molar-refractivity contribution in [2.45, 2.75) is 52.1 Å². The molecule has 0 aliphatic rings. The normalized spacial score (nSPS) is 11.6. The van der Waals surface area contributed by atoms with Gasteiger partial charge in [-0.15, -0.1) is 11.8 Å². The maximum atomic E-state index is 11.1. The second-order valence-electron chi connectivity index (χ2n) is 3.13. The van der Waals surface area contributed by atoms with Crippen LogP contribution in [0.1, 0.15) is 46.0 Å². The third kappa shape index (κ3) is 9.10. The van der Waals surface area contributed by atoms with E-state index in [1.807, 2.05) is 6.92 Å². The lowest BCUT2D eigenvalue weighted by Gasteiger charge is -2.01. The van der Waals surface area contributed by atoms with E-state index in [4.69, 9.17) is 5.11 Å². The summed E-state index contributed by atoms with van der Waals surface area (Å²) in [6.45, 7) is 3.69. The van der Waals surface area contributed by atoms with E-state index in [2.05, 4.69) is 11.8 Å². The molecule has 74 valence electrons. The predicted molar refractivity (Wildman–Crippen MR) is 53.2 cm³/mol. The molecular formula is C11H18O2. The van der Waals surface area contributed by atoms with Gasteiger partial charge in [-0.1, -0.05) is 6.92 Å². The van der Waals surface area contributed by atoms with Crippen molar-refractivity contribution in [1.82, 2.24) is 0 Å². The van der Waals surface area contributed by atoms with Crippen molar-refractivity contribution in [3.05, 3.63) is 0 Å². The molecule has 0 aromatic rings. The Labute approximate surface area is 80.3 Å². The van der Waals surface area contributed by atoms with Gasteiger partial charge in [-0.3, -0.25) is 4.79 Å². The van der Waals surface area contributed by atoms with Crippen LogP contribution in [0.3, 0.4) is 0 Å². The summed E-state index contributed by atoms with van der Waals surface area (Å²) in [4.78, 5) is 11.1. The Morgan fingerprint density at radius 2 is 2.08 bits per heavy atom. The van der Waals surface area contributed by atoms with Crippen LogP contribution in [0.4, 0.5) is 0 Å². The lowest BCUT2D eigenvalue weighted by Crippen LogP contribution is -2.04. The molecule has 0 saturated carbocycles. The van der Waals surface area contributed by atoms with Gasteiger partial charge >= 0.3 is 0 Å². The zero-order valence-corrected chi connectivity index (χ0v) is 8.47. The summed E-state index contributed by atoms with van der Waals surface area (Å²) in [5, 5.41) is 8.93. The maximum absolute atomic E-state index is 11.1. The molecule has 0 rings (SSSR count). The van der Waals surface area contributed by atoms with Crippen LogP contribution >= 0.6 is 0 Å². The zero-order chi connectivity index (χ0) is 10.1. The van der Waals surface area contributed by atoms with Gasteiger partial charge in [0.1, 0.15) is 5.78 Å². The van der Waals surface area contributed by atoms with Gasteiger partial charge in [0.15, 0.2) is 0 Å². The summed E-state index contributed by atoms with van der Waals surface area (Å²) in [7, 11) is 0. The van der Waals surface area contributed by atoms with Gasteiger partial charge in [0.05, 0.1) is 6.10 Å². The molecule has 0 heterocycles. The van der Waals surface area contributed by atoms with Gasteiger partial charge in [0.25, 0.3) is 0 Å². The Kier molecular flexibility index (Phi) is 7.33.